The van der Waals surface area contributed by atoms with Gasteiger partial charge in [-0.15, -0.1) is 0 Å². The molecule has 3 rings (SSSR count). The molecule has 0 bridgehead atoms. The largest absolute Gasteiger partial charge is 0.359 e. The summed E-state index contributed by atoms with van der Waals surface area (Å²) in [5.41, 5.74) is 8.41. The first-order valence-corrected chi connectivity index (χ1v) is 13.7. The number of rotatable bonds is 9. The molecule has 3 unspecified atom stereocenters. The number of amides is 6. The normalized spacial score (nSPS) is 26.8. The topological polar surface area (TPSA) is 178 Å². The van der Waals surface area contributed by atoms with Gasteiger partial charge >= 0.3 is 6.03 Å². The molecule has 0 spiro atoms. The summed E-state index contributed by atoms with van der Waals surface area (Å²) in [6, 6.07) is -2.55. The fourth-order valence-electron chi connectivity index (χ4n) is 5.36. The Kier molecular flexibility index (Phi) is 10.9. The number of nitrogens with one attached hydrogen (secondary N) is 4. The summed E-state index contributed by atoms with van der Waals surface area (Å²) in [4.78, 5) is 62.6. The number of carbonyl (C=O) groups excluding carboxylic acids is 5. The molecule has 13 heteroatoms. The van der Waals surface area contributed by atoms with Crippen LogP contribution in [-0.2, 0) is 19.2 Å². The molecule has 6 N–H and O–H groups in total. The second kappa shape index (κ2) is 14.1. The van der Waals surface area contributed by atoms with Gasteiger partial charge in [-0.05, 0) is 57.3 Å². The lowest BCUT2D eigenvalue weighted by Gasteiger charge is -2.42. The van der Waals surface area contributed by atoms with Crippen molar-refractivity contribution >= 4 is 35.9 Å². The van der Waals surface area contributed by atoms with Gasteiger partial charge in [0.2, 0.25) is 17.7 Å². The molecule has 6 amide bonds. The van der Waals surface area contributed by atoms with Crippen LogP contribution in [0.25, 0.3) is 0 Å². The highest BCUT2D eigenvalue weighted by Gasteiger charge is 2.43. The highest BCUT2D eigenvalue weighted by Crippen LogP contribution is 2.28. The van der Waals surface area contributed by atoms with Gasteiger partial charge in [-0.1, -0.05) is 13.3 Å². The molecule has 2 aliphatic heterocycles. The fraction of sp³-hybridized carbons (Fsp3) is 0.760. The lowest BCUT2D eigenvalue weighted by Crippen LogP contribution is -2.63. The molecule has 1 saturated carbocycles. The van der Waals surface area contributed by atoms with Gasteiger partial charge in [-0.3, -0.25) is 24.2 Å². The third-order valence-corrected chi connectivity index (χ3v) is 7.57. The van der Waals surface area contributed by atoms with E-state index in [2.05, 4.69) is 26.5 Å². The van der Waals surface area contributed by atoms with Crippen LogP contribution in [0.1, 0.15) is 71.1 Å². The molecule has 0 aromatic carbocycles. The van der Waals surface area contributed by atoms with E-state index >= 15 is 0 Å². The third kappa shape index (κ3) is 7.65. The first-order valence-electron chi connectivity index (χ1n) is 13.7. The maximum Gasteiger partial charge on any atom is 0.335 e. The minimum Gasteiger partial charge on any atom is -0.359 e. The minimum absolute atomic E-state index is 0.0479. The Morgan fingerprint density at radius 1 is 1.11 bits per heavy atom. The summed E-state index contributed by atoms with van der Waals surface area (Å²) in [6.07, 6.45) is 7.64. The molecule has 1 aliphatic carbocycles. The van der Waals surface area contributed by atoms with E-state index in [4.69, 9.17) is 5.73 Å². The van der Waals surface area contributed by atoms with E-state index in [-0.39, 0.29) is 36.5 Å². The lowest BCUT2D eigenvalue weighted by molar-refractivity contribution is -0.175. The van der Waals surface area contributed by atoms with E-state index in [9.17, 15) is 24.0 Å². The first kappa shape index (κ1) is 29.3. The fourth-order valence-corrected chi connectivity index (χ4v) is 5.36. The van der Waals surface area contributed by atoms with Crippen LogP contribution in [0, 0.1) is 11.8 Å². The van der Waals surface area contributed by atoms with E-state index in [1.54, 1.807) is 7.05 Å². The molecule has 2 saturated heterocycles. The number of carbonyl (C=O) groups is 5. The number of nitrogens with zero attached hydrogens (tertiary/aromatic N) is 3. The average Bonchev–Trinajstić information content (AvgIpc) is 3.03. The van der Waals surface area contributed by atoms with Crippen LogP contribution < -0.4 is 27.1 Å². The maximum absolute atomic E-state index is 13.2. The molecule has 3 aliphatic rings. The number of nitrogens with two attached hydrogens (primary N) is 1. The molecule has 0 radical (unpaired) electrons. The third-order valence-electron chi connectivity index (χ3n) is 7.57. The van der Waals surface area contributed by atoms with Gasteiger partial charge in [0.1, 0.15) is 6.04 Å². The zero-order valence-electron chi connectivity index (χ0n) is 22.4. The molecular formula is C25H42N8O5. The molecule has 2 heterocycles. The van der Waals surface area contributed by atoms with E-state index in [0.29, 0.717) is 38.3 Å². The molecular weight excluding hydrogens is 492 g/mol. The molecule has 0 aromatic rings. The molecule has 13 nitrogen and oxygen atoms in total. The number of hydrogen-bond donors (Lipinski definition) is 5. The van der Waals surface area contributed by atoms with Crippen molar-refractivity contribution in [2.24, 2.45) is 22.7 Å². The molecule has 3 fully saturated rings. The van der Waals surface area contributed by atoms with Crippen molar-refractivity contribution in [1.29, 1.82) is 0 Å². The van der Waals surface area contributed by atoms with Crippen LogP contribution in [0.15, 0.2) is 5.10 Å². The Morgan fingerprint density at radius 3 is 2.53 bits per heavy atom. The van der Waals surface area contributed by atoms with E-state index in [0.717, 1.165) is 32.1 Å². The highest BCUT2D eigenvalue weighted by molar-refractivity contribution is 5.94. The minimum atomic E-state index is -0.827. The SMILES string of the molecule is CCCC(/C=N/NC(=O)NCC1CCC(C(=O)NC)CC1)NC(=O)C1CCCN2C(=O)CCC(N)C(=O)N12. The van der Waals surface area contributed by atoms with Crippen molar-refractivity contribution in [3.63, 3.8) is 0 Å². The van der Waals surface area contributed by atoms with Gasteiger partial charge in [-0.2, -0.15) is 5.10 Å². The van der Waals surface area contributed by atoms with Crippen molar-refractivity contribution in [2.75, 3.05) is 20.1 Å². The Labute approximate surface area is 223 Å². The summed E-state index contributed by atoms with van der Waals surface area (Å²) >= 11 is 0. The van der Waals surface area contributed by atoms with Crippen LogP contribution in [0.2, 0.25) is 0 Å². The predicted octanol–water partition coefficient (Wildman–Crippen LogP) is -0.0356. The summed E-state index contributed by atoms with van der Waals surface area (Å²) in [5, 5.41) is 15.0. The molecule has 212 valence electrons. The summed E-state index contributed by atoms with van der Waals surface area (Å²) in [7, 11) is 1.65. The second-order valence-electron chi connectivity index (χ2n) is 10.3. The molecule has 38 heavy (non-hydrogen) atoms. The van der Waals surface area contributed by atoms with Gasteiger partial charge in [0, 0.05) is 38.7 Å². The van der Waals surface area contributed by atoms with Crippen molar-refractivity contribution < 1.29 is 24.0 Å². The lowest BCUT2D eigenvalue weighted by atomic mass is 9.81. The van der Waals surface area contributed by atoms with Crippen molar-refractivity contribution in [3.05, 3.63) is 0 Å². The quantitative estimate of drug-likeness (QED) is 0.205. The van der Waals surface area contributed by atoms with E-state index in [1.165, 1.54) is 16.2 Å². The van der Waals surface area contributed by atoms with Gasteiger partial charge < -0.3 is 21.7 Å². The number of hydrazone groups is 1. The van der Waals surface area contributed by atoms with Crippen LogP contribution in [-0.4, -0.2) is 84.2 Å². The monoisotopic (exact) mass is 534 g/mol. The van der Waals surface area contributed by atoms with E-state index < -0.39 is 30.1 Å². The van der Waals surface area contributed by atoms with Crippen molar-refractivity contribution in [1.82, 2.24) is 31.4 Å². The Morgan fingerprint density at radius 2 is 1.84 bits per heavy atom. The predicted molar refractivity (Wildman–Crippen MR) is 140 cm³/mol. The average molecular weight is 535 g/mol. The van der Waals surface area contributed by atoms with Crippen molar-refractivity contribution in [2.45, 2.75) is 89.3 Å². The molecule has 0 aromatic heterocycles. The Balaban J connectivity index is 1.49. The van der Waals surface area contributed by atoms with Crippen molar-refractivity contribution in [3.8, 4) is 0 Å². The summed E-state index contributed by atoms with van der Waals surface area (Å²) < 4.78 is 0. The number of urea groups is 1. The van der Waals surface area contributed by atoms with Crippen LogP contribution in [0.3, 0.4) is 0 Å². The Bertz CT molecular complexity index is 904. The highest BCUT2D eigenvalue weighted by atomic mass is 16.2. The van der Waals surface area contributed by atoms with Crippen LogP contribution >= 0.6 is 0 Å². The second-order valence-corrected chi connectivity index (χ2v) is 10.3. The number of fused-ring (bicyclic) bond motifs is 1. The van der Waals surface area contributed by atoms with Gasteiger partial charge in [0.25, 0.3) is 5.91 Å². The summed E-state index contributed by atoms with van der Waals surface area (Å²) in [5.74, 6) is -0.567. The molecule has 3 atom stereocenters. The van der Waals surface area contributed by atoms with Crippen LogP contribution in [0.4, 0.5) is 4.79 Å². The first-order chi connectivity index (χ1) is 18.2. The van der Waals surface area contributed by atoms with E-state index in [1.807, 2.05) is 6.92 Å². The van der Waals surface area contributed by atoms with Gasteiger partial charge in [0.05, 0.1) is 12.1 Å². The zero-order valence-corrected chi connectivity index (χ0v) is 22.4. The summed E-state index contributed by atoms with van der Waals surface area (Å²) in [6.45, 7) is 2.85. The smallest absolute Gasteiger partial charge is 0.335 e. The van der Waals surface area contributed by atoms with Crippen LogP contribution in [0.5, 0.6) is 0 Å². The van der Waals surface area contributed by atoms with Gasteiger partial charge in [-0.25, -0.2) is 15.2 Å². The number of hydrogen-bond acceptors (Lipinski definition) is 7. The standard InChI is InChI=1S/C25H42N8O5/c1-3-5-18(15-29-31-25(38)28-14-16-7-9-17(10-8-16)22(35)27-2)30-23(36)20-6-4-13-32-21(34)12-11-19(26)24(37)33(20)32/h15-20H,3-14,26H2,1-2H3,(H,27,35)(H,30,36)(H2,28,31,38)/b29-15+. The number of hydrazine groups is 1. The maximum atomic E-state index is 13.2. The van der Waals surface area contributed by atoms with Gasteiger partial charge in [0.15, 0.2) is 0 Å². The Hall–Kier alpha value is -3.22. The zero-order chi connectivity index (χ0) is 27.7.